The Balaban J connectivity index is 2.10. The lowest BCUT2D eigenvalue weighted by Gasteiger charge is -2.09. The highest BCUT2D eigenvalue weighted by molar-refractivity contribution is 5.36. The molecule has 0 aliphatic carbocycles. The van der Waals surface area contributed by atoms with Crippen molar-refractivity contribution < 1.29 is 9.47 Å². The van der Waals surface area contributed by atoms with E-state index in [2.05, 4.69) is 4.98 Å². The van der Waals surface area contributed by atoms with Crippen molar-refractivity contribution in [3.63, 3.8) is 0 Å². The molecule has 0 aliphatic rings. The van der Waals surface area contributed by atoms with Crippen molar-refractivity contribution in [2.75, 3.05) is 6.61 Å². The van der Waals surface area contributed by atoms with Crippen LogP contribution in [0.2, 0.25) is 0 Å². The zero-order valence-electron chi connectivity index (χ0n) is 11.2. The summed E-state index contributed by atoms with van der Waals surface area (Å²) in [5.41, 5.74) is 6.59. The Morgan fingerprint density at radius 2 is 1.95 bits per heavy atom. The van der Waals surface area contributed by atoms with Crippen molar-refractivity contribution in [2.24, 2.45) is 5.73 Å². The molecule has 1 aromatic carbocycles. The second kappa shape index (κ2) is 6.20. The number of pyridine rings is 1. The van der Waals surface area contributed by atoms with Gasteiger partial charge in [-0.2, -0.15) is 0 Å². The van der Waals surface area contributed by atoms with Crippen LogP contribution in [0.5, 0.6) is 17.2 Å². The zero-order valence-corrected chi connectivity index (χ0v) is 11.2. The van der Waals surface area contributed by atoms with E-state index in [9.17, 15) is 0 Å². The van der Waals surface area contributed by atoms with Gasteiger partial charge in [-0.15, -0.1) is 0 Å². The molecule has 0 unspecified atom stereocenters. The largest absolute Gasteiger partial charge is 0.494 e. The summed E-state index contributed by atoms with van der Waals surface area (Å²) in [6.45, 7) is 4.48. The van der Waals surface area contributed by atoms with Crippen molar-refractivity contribution >= 4 is 0 Å². The summed E-state index contributed by atoms with van der Waals surface area (Å²) in [6, 6.07) is 11.2. The Labute approximate surface area is 113 Å². The molecule has 0 aliphatic heterocycles. The van der Waals surface area contributed by atoms with Gasteiger partial charge in [0.1, 0.15) is 17.2 Å². The number of ether oxygens (including phenoxy) is 2. The Hall–Kier alpha value is -2.07. The number of aromatic nitrogens is 1. The van der Waals surface area contributed by atoms with Crippen LogP contribution in [-0.4, -0.2) is 11.6 Å². The van der Waals surface area contributed by atoms with Gasteiger partial charge in [-0.1, -0.05) is 6.07 Å². The molecule has 2 rings (SSSR count). The number of nitrogens with two attached hydrogens (primary N) is 1. The molecule has 100 valence electrons. The van der Waals surface area contributed by atoms with Gasteiger partial charge in [0, 0.05) is 12.1 Å². The fraction of sp³-hybridized carbons (Fsp3) is 0.267. The minimum absolute atomic E-state index is 0.0738. The van der Waals surface area contributed by atoms with E-state index in [-0.39, 0.29) is 6.04 Å². The van der Waals surface area contributed by atoms with Crippen LogP contribution < -0.4 is 15.2 Å². The van der Waals surface area contributed by atoms with Crippen LogP contribution in [0.3, 0.4) is 0 Å². The van der Waals surface area contributed by atoms with Crippen molar-refractivity contribution in [1.29, 1.82) is 0 Å². The van der Waals surface area contributed by atoms with E-state index in [4.69, 9.17) is 15.2 Å². The van der Waals surface area contributed by atoms with Gasteiger partial charge in [0.05, 0.1) is 18.5 Å². The first-order chi connectivity index (χ1) is 9.19. The number of benzene rings is 1. The predicted molar refractivity (Wildman–Crippen MR) is 74.5 cm³/mol. The van der Waals surface area contributed by atoms with E-state index in [0.29, 0.717) is 12.4 Å². The first kappa shape index (κ1) is 13.4. The lowest BCUT2D eigenvalue weighted by molar-refractivity contribution is 0.338. The number of nitrogens with zero attached hydrogens (tertiary/aromatic N) is 1. The third kappa shape index (κ3) is 3.69. The van der Waals surface area contributed by atoms with Gasteiger partial charge in [0.25, 0.3) is 0 Å². The van der Waals surface area contributed by atoms with Crippen LogP contribution in [0.1, 0.15) is 25.6 Å². The van der Waals surface area contributed by atoms with E-state index in [0.717, 1.165) is 17.2 Å². The molecular weight excluding hydrogens is 240 g/mol. The highest BCUT2D eigenvalue weighted by atomic mass is 16.5. The first-order valence-corrected chi connectivity index (χ1v) is 6.31. The third-order valence-electron chi connectivity index (χ3n) is 2.58. The van der Waals surface area contributed by atoms with E-state index >= 15 is 0 Å². The molecular formula is C15H18N2O2. The second-order valence-corrected chi connectivity index (χ2v) is 4.22. The molecule has 19 heavy (non-hydrogen) atoms. The quantitative estimate of drug-likeness (QED) is 0.894. The summed E-state index contributed by atoms with van der Waals surface area (Å²) in [6.07, 6.45) is 1.67. The SMILES string of the molecule is CCOc1cccc(Oc2ccc([C@H](C)N)nc2)c1. The van der Waals surface area contributed by atoms with E-state index in [1.165, 1.54) is 0 Å². The summed E-state index contributed by atoms with van der Waals surface area (Å²) in [5.74, 6) is 2.19. The van der Waals surface area contributed by atoms with Gasteiger partial charge < -0.3 is 15.2 Å². The zero-order chi connectivity index (χ0) is 13.7. The monoisotopic (exact) mass is 258 g/mol. The van der Waals surface area contributed by atoms with Crippen molar-refractivity contribution in [1.82, 2.24) is 4.98 Å². The molecule has 0 saturated carbocycles. The van der Waals surface area contributed by atoms with Gasteiger partial charge in [-0.05, 0) is 38.1 Å². The van der Waals surface area contributed by atoms with Crippen molar-refractivity contribution in [2.45, 2.75) is 19.9 Å². The molecule has 0 radical (unpaired) electrons. The second-order valence-electron chi connectivity index (χ2n) is 4.22. The van der Waals surface area contributed by atoms with Crippen molar-refractivity contribution in [3.05, 3.63) is 48.3 Å². The third-order valence-corrected chi connectivity index (χ3v) is 2.58. The predicted octanol–water partition coefficient (Wildman–Crippen LogP) is 3.29. The highest BCUT2D eigenvalue weighted by Gasteiger charge is 2.03. The Morgan fingerprint density at radius 3 is 2.58 bits per heavy atom. The Morgan fingerprint density at radius 1 is 1.16 bits per heavy atom. The molecule has 0 spiro atoms. The number of rotatable bonds is 5. The summed E-state index contributed by atoms with van der Waals surface area (Å²) >= 11 is 0. The van der Waals surface area contributed by atoms with Gasteiger partial charge in [0.2, 0.25) is 0 Å². The van der Waals surface area contributed by atoms with E-state index < -0.39 is 0 Å². The fourth-order valence-electron chi connectivity index (χ4n) is 1.65. The number of hydrogen-bond donors (Lipinski definition) is 1. The van der Waals surface area contributed by atoms with Crippen LogP contribution in [0.15, 0.2) is 42.6 Å². The highest BCUT2D eigenvalue weighted by Crippen LogP contribution is 2.25. The lowest BCUT2D eigenvalue weighted by Crippen LogP contribution is -2.06. The Kier molecular flexibility index (Phi) is 4.36. The topological polar surface area (TPSA) is 57.4 Å². The molecule has 4 nitrogen and oxygen atoms in total. The standard InChI is InChI=1S/C15H18N2O2/c1-3-18-12-5-4-6-13(9-12)19-14-7-8-15(11(2)16)17-10-14/h4-11H,3,16H2,1-2H3/t11-/m0/s1. The Bertz CT molecular complexity index is 524. The first-order valence-electron chi connectivity index (χ1n) is 6.31. The normalized spacial score (nSPS) is 11.9. The molecule has 1 atom stereocenters. The molecule has 1 aromatic heterocycles. The van der Waals surface area contributed by atoms with Crippen LogP contribution in [0, 0.1) is 0 Å². The van der Waals surface area contributed by atoms with Gasteiger partial charge in [-0.25, -0.2) is 0 Å². The maximum atomic E-state index is 5.75. The summed E-state index contributed by atoms with van der Waals surface area (Å²) in [5, 5.41) is 0. The van der Waals surface area contributed by atoms with Crippen LogP contribution in [0.4, 0.5) is 0 Å². The molecule has 0 bridgehead atoms. The summed E-state index contributed by atoms with van der Waals surface area (Å²) < 4.78 is 11.1. The maximum Gasteiger partial charge on any atom is 0.145 e. The minimum Gasteiger partial charge on any atom is -0.494 e. The molecule has 4 heteroatoms. The maximum absolute atomic E-state index is 5.75. The number of hydrogen-bond acceptors (Lipinski definition) is 4. The van der Waals surface area contributed by atoms with Crippen LogP contribution in [-0.2, 0) is 0 Å². The average molecular weight is 258 g/mol. The van der Waals surface area contributed by atoms with Crippen LogP contribution in [0.25, 0.3) is 0 Å². The molecule has 2 aromatic rings. The lowest BCUT2D eigenvalue weighted by atomic mass is 10.2. The molecule has 0 saturated heterocycles. The van der Waals surface area contributed by atoms with Gasteiger partial charge >= 0.3 is 0 Å². The summed E-state index contributed by atoms with van der Waals surface area (Å²) in [4.78, 5) is 4.25. The smallest absolute Gasteiger partial charge is 0.145 e. The molecule has 2 N–H and O–H groups in total. The van der Waals surface area contributed by atoms with Crippen molar-refractivity contribution in [3.8, 4) is 17.2 Å². The minimum atomic E-state index is -0.0738. The molecule has 0 amide bonds. The van der Waals surface area contributed by atoms with Crippen LogP contribution >= 0.6 is 0 Å². The molecule has 1 heterocycles. The molecule has 0 fully saturated rings. The van der Waals surface area contributed by atoms with Gasteiger partial charge in [0.15, 0.2) is 0 Å². The van der Waals surface area contributed by atoms with Gasteiger partial charge in [-0.3, -0.25) is 4.98 Å². The van der Waals surface area contributed by atoms with E-state index in [1.54, 1.807) is 6.20 Å². The average Bonchev–Trinajstić information content (AvgIpc) is 2.40. The fourth-order valence-corrected chi connectivity index (χ4v) is 1.65. The van der Waals surface area contributed by atoms with E-state index in [1.807, 2.05) is 50.2 Å². The summed E-state index contributed by atoms with van der Waals surface area (Å²) in [7, 11) is 0.